The van der Waals surface area contributed by atoms with Gasteiger partial charge in [0.15, 0.2) is 11.5 Å². The topological polar surface area (TPSA) is 47.6 Å². The molecule has 0 radical (unpaired) electrons. The highest BCUT2D eigenvalue weighted by molar-refractivity contribution is 9.10. The molecule has 0 spiro atoms. The SMILES string of the molecule is O=C(CC12C[C@H]3C[C@@H](CC(Br)(C3)C1)C2)Nc1ccc2c(c1)OCO2. The molecule has 5 aliphatic rings. The van der Waals surface area contributed by atoms with Gasteiger partial charge in [0.05, 0.1) is 0 Å². The van der Waals surface area contributed by atoms with E-state index in [4.69, 9.17) is 9.47 Å². The van der Waals surface area contributed by atoms with Crippen molar-refractivity contribution in [3.8, 4) is 11.5 Å². The van der Waals surface area contributed by atoms with Crippen molar-refractivity contribution in [1.29, 1.82) is 0 Å². The second-order valence-corrected chi connectivity index (χ2v) is 10.1. The summed E-state index contributed by atoms with van der Waals surface area (Å²) in [5, 5.41) is 3.07. The van der Waals surface area contributed by atoms with Crippen LogP contribution in [0.1, 0.15) is 44.9 Å². The summed E-state index contributed by atoms with van der Waals surface area (Å²) in [6.45, 7) is 0.256. The average Bonchev–Trinajstić information content (AvgIpc) is 2.91. The lowest BCUT2D eigenvalue weighted by atomic mass is 9.48. The van der Waals surface area contributed by atoms with E-state index < -0.39 is 0 Å². The minimum Gasteiger partial charge on any atom is -0.454 e. The molecule has 1 aliphatic heterocycles. The molecule has 128 valence electrons. The van der Waals surface area contributed by atoms with Crippen molar-refractivity contribution in [3.05, 3.63) is 18.2 Å². The van der Waals surface area contributed by atoms with Gasteiger partial charge in [-0.15, -0.1) is 0 Å². The minimum atomic E-state index is 0.131. The quantitative estimate of drug-likeness (QED) is 0.772. The van der Waals surface area contributed by atoms with Gasteiger partial charge in [-0.25, -0.2) is 0 Å². The van der Waals surface area contributed by atoms with Crippen molar-refractivity contribution in [2.75, 3.05) is 12.1 Å². The molecule has 0 aromatic heterocycles. The zero-order chi connectivity index (χ0) is 16.4. The van der Waals surface area contributed by atoms with Crippen LogP contribution >= 0.6 is 15.9 Å². The Kier molecular flexibility index (Phi) is 3.22. The summed E-state index contributed by atoms with van der Waals surface area (Å²) in [6.07, 6.45) is 8.23. The van der Waals surface area contributed by atoms with Crippen LogP contribution in [-0.4, -0.2) is 17.0 Å². The van der Waals surface area contributed by atoms with Gasteiger partial charge in [0, 0.05) is 22.5 Å². The standard InChI is InChI=1S/C19H22BrNO3/c20-19-7-12-3-13(8-19)6-18(5-12,10-19)9-17(22)21-14-1-2-15-16(4-14)24-11-23-15/h1-2,4,12-13H,3,5-11H2,(H,21,22)/t12-,13-,18?,19?/m1/s1. The molecule has 24 heavy (non-hydrogen) atoms. The third kappa shape index (κ3) is 2.52. The summed E-state index contributed by atoms with van der Waals surface area (Å²) in [5.74, 6) is 3.21. The Labute approximate surface area is 150 Å². The van der Waals surface area contributed by atoms with Gasteiger partial charge in [-0.2, -0.15) is 0 Å². The summed E-state index contributed by atoms with van der Waals surface area (Å²) in [7, 11) is 0. The second-order valence-electron chi connectivity index (χ2n) is 8.40. The molecule has 4 nitrogen and oxygen atoms in total. The average molecular weight is 392 g/mol. The Bertz CT molecular complexity index is 690. The van der Waals surface area contributed by atoms with Crippen LogP contribution in [0.3, 0.4) is 0 Å². The maximum absolute atomic E-state index is 12.7. The minimum absolute atomic E-state index is 0.131. The van der Waals surface area contributed by atoms with Crippen molar-refractivity contribution in [2.45, 2.75) is 49.3 Å². The zero-order valence-corrected chi connectivity index (χ0v) is 15.2. The summed E-state index contributed by atoms with van der Waals surface area (Å²) in [4.78, 5) is 12.7. The predicted octanol–water partition coefficient (Wildman–Crippen LogP) is 4.48. The highest BCUT2D eigenvalue weighted by Crippen LogP contribution is 2.65. The van der Waals surface area contributed by atoms with Crippen molar-refractivity contribution >= 4 is 27.5 Å². The first-order valence-corrected chi connectivity index (χ1v) is 9.69. The third-order valence-corrected chi connectivity index (χ3v) is 7.23. The molecular weight excluding hydrogens is 370 g/mol. The van der Waals surface area contributed by atoms with Gasteiger partial charge in [-0.3, -0.25) is 4.79 Å². The van der Waals surface area contributed by atoms with Gasteiger partial charge in [-0.05, 0) is 67.9 Å². The van der Waals surface area contributed by atoms with Crippen LogP contribution in [-0.2, 0) is 4.79 Å². The van der Waals surface area contributed by atoms with Crippen molar-refractivity contribution in [1.82, 2.24) is 0 Å². The summed E-state index contributed by atoms with van der Waals surface area (Å²) >= 11 is 4.02. The molecule has 2 atom stereocenters. The first kappa shape index (κ1) is 15.1. The zero-order valence-electron chi connectivity index (χ0n) is 13.6. The number of anilines is 1. The Morgan fingerprint density at radius 3 is 2.67 bits per heavy atom. The molecule has 1 N–H and O–H groups in total. The molecule has 1 aromatic rings. The summed E-state index contributed by atoms with van der Waals surface area (Å²) < 4.78 is 11.0. The number of alkyl halides is 1. The van der Waals surface area contributed by atoms with Crippen LogP contribution < -0.4 is 14.8 Å². The van der Waals surface area contributed by atoms with Gasteiger partial charge >= 0.3 is 0 Å². The Hall–Kier alpha value is -1.23. The van der Waals surface area contributed by atoms with Crippen LogP contribution in [0.2, 0.25) is 0 Å². The molecule has 6 rings (SSSR count). The van der Waals surface area contributed by atoms with E-state index in [-0.39, 0.29) is 18.1 Å². The number of fused-ring (bicyclic) bond motifs is 1. The summed E-state index contributed by atoms with van der Waals surface area (Å²) in [5.41, 5.74) is 0.996. The first-order chi connectivity index (χ1) is 11.5. The molecular formula is C19H22BrNO3. The third-order valence-electron chi connectivity index (χ3n) is 6.30. The number of carbonyl (C=O) groups is 1. The number of hydrogen-bond donors (Lipinski definition) is 1. The van der Waals surface area contributed by atoms with E-state index in [1.165, 1.54) is 32.1 Å². The number of rotatable bonds is 3. The molecule has 4 saturated carbocycles. The lowest BCUT2D eigenvalue weighted by molar-refractivity contribution is -0.123. The number of hydrogen-bond acceptors (Lipinski definition) is 3. The molecule has 1 heterocycles. The smallest absolute Gasteiger partial charge is 0.231 e. The van der Waals surface area contributed by atoms with E-state index in [1.54, 1.807) is 0 Å². The van der Waals surface area contributed by atoms with Gasteiger partial charge in [0.2, 0.25) is 12.7 Å². The van der Waals surface area contributed by atoms with Crippen LogP contribution in [0.15, 0.2) is 18.2 Å². The monoisotopic (exact) mass is 391 g/mol. The van der Waals surface area contributed by atoms with E-state index >= 15 is 0 Å². The second kappa shape index (κ2) is 5.13. The highest BCUT2D eigenvalue weighted by Gasteiger charge is 2.57. The molecule has 4 fully saturated rings. The van der Waals surface area contributed by atoms with Gasteiger partial charge in [0.1, 0.15) is 0 Å². The Morgan fingerprint density at radius 2 is 1.92 bits per heavy atom. The maximum Gasteiger partial charge on any atom is 0.231 e. The highest BCUT2D eigenvalue weighted by atomic mass is 79.9. The lowest BCUT2D eigenvalue weighted by Gasteiger charge is -2.60. The summed E-state index contributed by atoms with van der Waals surface area (Å²) in [6, 6.07) is 5.60. The largest absolute Gasteiger partial charge is 0.454 e. The molecule has 4 aliphatic carbocycles. The van der Waals surface area contributed by atoms with E-state index in [2.05, 4.69) is 21.2 Å². The van der Waals surface area contributed by atoms with Crippen LogP contribution in [0.4, 0.5) is 5.69 Å². The van der Waals surface area contributed by atoms with Gasteiger partial charge < -0.3 is 14.8 Å². The van der Waals surface area contributed by atoms with E-state index in [0.717, 1.165) is 29.7 Å². The van der Waals surface area contributed by atoms with Gasteiger partial charge in [0.25, 0.3) is 0 Å². The van der Waals surface area contributed by atoms with Crippen molar-refractivity contribution in [3.63, 3.8) is 0 Å². The molecule has 0 unspecified atom stereocenters. The number of nitrogens with one attached hydrogen (secondary N) is 1. The normalized spacial score (nSPS) is 38.4. The number of halogens is 1. The van der Waals surface area contributed by atoms with E-state index in [1.807, 2.05) is 18.2 Å². The van der Waals surface area contributed by atoms with Crippen LogP contribution in [0.25, 0.3) is 0 Å². The molecule has 5 heteroatoms. The Morgan fingerprint density at radius 1 is 1.17 bits per heavy atom. The number of ether oxygens (including phenoxy) is 2. The number of amides is 1. The molecule has 0 saturated heterocycles. The van der Waals surface area contributed by atoms with Gasteiger partial charge in [-0.1, -0.05) is 15.9 Å². The predicted molar refractivity (Wildman–Crippen MR) is 94.6 cm³/mol. The fraction of sp³-hybridized carbons (Fsp3) is 0.632. The fourth-order valence-corrected chi connectivity index (χ4v) is 7.57. The van der Waals surface area contributed by atoms with Crippen LogP contribution in [0.5, 0.6) is 11.5 Å². The van der Waals surface area contributed by atoms with Crippen molar-refractivity contribution in [2.24, 2.45) is 17.3 Å². The first-order valence-electron chi connectivity index (χ1n) is 8.89. The maximum atomic E-state index is 12.7. The lowest BCUT2D eigenvalue weighted by Crippen LogP contribution is -2.53. The molecule has 1 amide bonds. The van der Waals surface area contributed by atoms with Crippen LogP contribution in [0, 0.1) is 17.3 Å². The van der Waals surface area contributed by atoms with Crippen molar-refractivity contribution < 1.29 is 14.3 Å². The Balaban J connectivity index is 1.30. The van der Waals surface area contributed by atoms with E-state index in [0.29, 0.717) is 16.5 Å². The fourth-order valence-electron chi connectivity index (χ4n) is 6.06. The van der Waals surface area contributed by atoms with E-state index in [9.17, 15) is 4.79 Å². The number of benzene rings is 1. The molecule has 4 bridgehead atoms. The number of carbonyl (C=O) groups excluding carboxylic acids is 1. The molecule has 1 aromatic carbocycles.